The van der Waals surface area contributed by atoms with Crippen molar-refractivity contribution in [3.63, 3.8) is 0 Å². The molecule has 0 saturated heterocycles. The molecule has 0 aromatic carbocycles. The standard InChI is InChI=1S/B.5FH.Ni/h;5*1H;/q+3;;;;;;+2/p-5. The van der Waals surface area contributed by atoms with Crippen LogP contribution >= 0.6 is 0 Å². The molecule has 0 nitrogen and oxygen atoms in total. The zero-order chi connectivity index (χ0) is 0. The van der Waals surface area contributed by atoms with Gasteiger partial charge in [0.1, 0.15) is 0 Å². The van der Waals surface area contributed by atoms with E-state index in [9.17, 15) is 0 Å². The van der Waals surface area contributed by atoms with Gasteiger partial charge in [-0.2, -0.15) is 0 Å². The quantitative estimate of drug-likeness (QED) is 0.246. The van der Waals surface area contributed by atoms with E-state index in [0.29, 0.717) is 0 Å². The molecule has 0 rings (SSSR count). The van der Waals surface area contributed by atoms with Crippen LogP contribution in [0.4, 0.5) is 0 Å². The number of rotatable bonds is 0. The van der Waals surface area contributed by atoms with Gasteiger partial charge in [0.15, 0.2) is 0 Å². The Balaban J connectivity index is 0. The molecule has 0 radical (unpaired) electrons. The molecule has 0 fully saturated rings. The predicted octanol–water partition coefficient (Wildman–Crippen LogP) is -15.4. The third-order valence-corrected chi connectivity index (χ3v) is 0. The van der Waals surface area contributed by atoms with Crippen LogP contribution in [0.5, 0.6) is 0 Å². The molecule has 0 heterocycles. The van der Waals surface area contributed by atoms with Crippen LogP contribution in [0.25, 0.3) is 0 Å². The topological polar surface area (TPSA) is 0 Å². The molecular weight excluding hydrogens is 164 g/mol. The maximum absolute atomic E-state index is 0. The Morgan fingerprint density at radius 1 is 0.429 bits per heavy atom. The van der Waals surface area contributed by atoms with Crippen LogP contribution in [-0.4, -0.2) is 8.41 Å². The molecule has 0 saturated carbocycles. The summed E-state index contributed by atoms with van der Waals surface area (Å²) in [5.41, 5.74) is 0. The third-order valence-electron chi connectivity index (χ3n) is 0. The normalized spacial score (nSPS) is 0. The first kappa shape index (κ1) is 6390. The Bertz CT molecular complexity index is 8.04. The molecule has 0 spiro atoms. The molecule has 7 heteroatoms. The SMILES string of the molecule is [B+3].[F-].[F-].[F-].[F-].[F-].[Ni+2]. The van der Waals surface area contributed by atoms with E-state index >= 15 is 0 Å². The minimum Gasteiger partial charge on any atom is -1.00 e. The predicted molar refractivity (Wildman–Crippen MR) is 5.75 cm³/mol. The molecular formula is BF5Ni. The van der Waals surface area contributed by atoms with Crippen molar-refractivity contribution in [2.75, 3.05) is 0 Å². The molecule has 0 aromatic rings. The summed E-state index contributed by atoms with van der Waals surface area (Å²) < 4.78 is 0. The van der Waals surface area contributed by atoms with Crippen LogP contribution in [0.2, 0.25) is 0 Å². The Morgan fingerprint density at radius 3 is 0.429 bits per heavy atom. The summed E-state index contributed by atoms with van der Waals surface area (Å²) >= 11 is 0. The van der Waals surface area contributed by atoms with Crippen LogP contribution in [0.15, 0.2) is 0 Å². The zero-order valence-electron chi connectivity index (χ0n) is 2.78. The van der Waals surface area contributed by atoms with Gasteiger partial charge in [-0.3, -0.25) is 0 Å². The van der Waals surface area contributed by atoms with E-state index in [2.05, 4.69) is 0 Å². The van der Waals surface area contributed by atoms with Gasteiger partial charge in [-0.1, -0.05) is 0 Å². The van der Waals surface area contributed by atoms with Gasteiger partial charge in [0, 0.05) is 0 Å². The second kappa shape index (κ2) is 3880. The maximum Gasteiger partial charge on any atom is 3.00 e. The third kappa shape index (κ3) is 2530. The Kier molecular flexibility index (Phi) is 3540000. The molecule has 0 N–H and O–H groups in total. The van der Waals surface area contributed by atoms with Crippen molar-refractivity contribution < 1.29 is 40.0 Å². The first-order chi connectivity index (χ1) is 0. The monoisotopic (exact) mass is 164 g/mol. The number of hydrogen-bond acceptors (Lipinski definition) is 0. The second-order valence-electron chi connectivity index (χ2n) is 0. The first-order valence-corrected chi connectivity index (χ1v) is 0. The van der Waals surface area contributed by atoms with E-state index in [4.69, 9.17) is 0 Å². The summed E-state index contributed by atoms with van der Waals surface area (Å²) in [5, 5.41) is 0. The van der Waals surface area contributed by atoms with E-state index in [0.717, 1.165) is 0 Å². The smallest absolute Gasteiger partial charge is 1.00 e. The Hall–Kier alpha value is 0.208. The van der Waals surface area contributed by atoms with Crippen molar-refractivity contribution in [3.05, 3.63) is 0 Å². The van der Waals surface area contributed by atoms with Gasteiger partial charge in [0.2, 0.25) is 0 Å². The fraction of sp³-hybridized carbons (Fsp3) is 0. The fourth-order valence-corrected chi connectivity index (χ4v) is 0. The van der Waals surface area contributed by atoms with Crippen molar-refractivity contribution in [1.29, 1.82) is 0 Å². The van der Waals surface area contributed by atoms with Crippen molar-refractivity contribution in [2.45, 2.75) is 0 Å². The minimum atomic E-state index is 0. The van der Waals surface area contributed by atoms with Crippen LogP contribution in [-0.2, 0) is 16.5 Å². The Labute approximate surface area is 49.4 Å². The number of halogens is 5. The van der Waals surface area contributed by atoms with Gasteiger partial charge in [-0.05, 0) is 0 Å². The van der Waals surface area contributed by atoms with Gasteiger partial charge in [-0.25, -0.2) is 0 Å². The van der Waals surface area contributed by atoms with E-state index in [-0.39, 0.29) is 48.4 Å². The molecule has 48 valence electrons. The van der Waals surface area contributed by atoms with Gasteiger partial charge in [-0.15, -0.1) is 0 Å². The summed E-state index contributed by atoms with van der Waals surface area (Å²) in [7, 11) is 0. The largest absolute Gasteiger partial charge is 3.00 e. The van der Waals surface area contributed by atoms with Crippen LogP contribution in [0.1, 0.15) is 0 Å². The van der Waals surface area contributed by atoms with Crippen LogP contribution in [0, 0.1) is 0 Å². The van der Waals surface area contributed by atoms with Crippen molar-refractivity contribution in [3.8, 4) is 0 Å². The van der Waals surface area contributed by atoms with Crippen LogP contribution < -0.4 is 23.5 Å². The second-order valence-corrected chi connectivity index (χ2v) is 0. The van der Waals surface area contributed by atoms with Crippen molar-refractivity contribution >= 4 is 8.41 Å². The van der Waals surface area contributed by atoms with E-state index in [1.807, 2.05) is 0 Å². The zero-order valence-corrected chi connectivity index (χ0v) is 3.77. The van der Waals surface area contributed by atoms with Gasteiger partial charge < -0.3 is 23.5 Å². The summed E-state index contributed by atoms with van der Waals surface area (Å²) in [6.07, 6.45) is 0. The Morgan fingerprint density at radius 2 is 0.429 bits per heavy atom. The molecule has 0 aliphatic rings. The van der Waals surface area contributed by atoms with Crippen molar-refractivity contribution in [2.24, 2.45) is 0 Å². The van der Waals surface area contributed by atoms with E-state index in [1.54, 1.807) is 0 Å². The minimum absolute atomic E-state index is 0. The van der Waals surface area contributed by atoms with Crippen molar-refractivity contribution in [1.82, 2.24) is 0 Å². The summed E-state index contributed by atoms with van der Waals surface area (Å²) in [6, 6.07) is 0. The first-order valence-electron chi connectivity index (χ1n) is 0. The maximum atomic E-state index is 0. The average molecular weight is 164 g/mol. The molecule has 0 bridgehead atoms. The van der Waals surface area contributed by atoms with E-state index in [1.165, 1.54) is 0 Å². The molecule has 7 heavy (non-hydrogen) atoms. The van der Waals surface area contributed by atoms with Gasteiger partial charge in [0.25, 0.3) is 0 Å². The van der Waals surface area contributed by atoms with Crippen LogP contribution in [0.3, 0.4) is 0 Å². The van der Waals surface area contributed by atoms with E-state index < -0.39 is 0 Å². The fourth-order valence-electron chi connectivity index (χ4n) is 0. The summed E-state index contributed by atoms with van der Waals surface area (Å²) in [6.45, 7) is 0. The molecule has 0 aliphatic heterocycles. The van der Waals surface area contributed by atoms with Gasteiger partial charge >= 0.3 is 24.9 Å². The molecule has 0 aliphatic carbocycles. The van der Waals surface area contributed by atoms with Gasteiger partial charge in [0.05, 0.1) is 0 Å². The number of hydrogen-bond donors (Lipinski definition) is 0. The summed E-state index contributed by atoms with van der Waals surface area (Å²) in [4.78, 5) is 0. The molecule has 0 atom stereocenters. The molecule has 0 aromatic heterocycles. The molecule has 0 amide bonds. The average Bonchev–Trinajstić information content (AvgIpc) is 0. The molecule has 0 unspecified atom stereocenters. The summed E-state index contributed by atoms with van der Waals surface area (Å²) in [5.74, 6) is 0.